The number of hydrogen-bond donors (Lipinski definition) is 5. The van der Waals surface area contributed by atoms with Crippen molar-refractivity contribution in [2.24, 2.45) is 16.5 Å². The van der Waals surface area contributed by atoms with Gasteiger partial charge in [-0.2, -0.15) is 0 Å². The molecule has 0 aromatic rings. The first-order chi connectivity index (χ1) is 11.8. The normalized spacial score (nSPS) is 19.4. The van der Waals surface area contributed by atoms with E-state index in [4.69, 9.17) is 11.5 Å². The highest BCUT2D eigenvalue weighted by Crippen LogP contribution is 2.09. The average Bonchev–Trinajstić information content (AvgIpc) is 2.54. The third-order valence-corrected chi connectivity index (χ3v) is 3.69. The molecule has 1 aliphatic rings. The lowest BCUT2D eigenvalue weighted by Crippen LogP contribution is -2.52. The predicted octanol–water partition coefficient (Wildman–Crippen LogP) is -2.71. The van der Waals surface area contributed by atoms with Gasteiger partial charge in [-0.25, -0.2) is 15.1 Å². The zero-order chi connectivity index (χ0) is 18.8. The van der Waals surface area contributed by atoms with Crippen LogP contribution in [0, 0.1) is 10.1 Å². The molecule has 142 valence electrons. The van der Waals surface area contributed by atoms with Gasteiger partial charge in [-0.05, 0) is 25.7 Å². The number of piperidine rings is 1. The molecule has 1 aliphatic heterocycles. The number of aliphatic hydroxyl groups excluding tert-OH is 1. The molecule has 0 aliphatic carbocycles. The van der Waals surface area contributed by atoms with Crippen LogP contribution in [0.15, 0.2) is 4.99 Å². The number of aliphatic imine (C=N–C) groups is 1. The van der Waals surface area contributed by atoms with E-state index in [1.165, 1.54) is 4.90 Å². The Kier molecular flexibility index (Phi) is 8.56. The second kappa shape index (κ2) is 10.4. The van der Waals surface area contributed by atoms with E-state index >= 15 is 0 Å². The molecule has 0 bridgehead atoms. The van der Waals surface area contributed by atoms with E-state index in [1.807, 2.05) is 0 Å². The Bertz CT molecular complexity index is 513. The van der Waals surface area contributed by atoms with Gasteiger partial charge in [0.2, 0.25) is 11.8 Å². The highest BCUT2D eigenvalue weighted by atomic mass is 16.7. The largest absolute Gasteiger partial charge is 0.394 e. The molecule has 1 saturated heterocycles. The molecule has 2 amide bonds. The van der Waals surface area contributed by atoms with Crippen molar-refractivity contribution in [2.45, 2.75) is 37.8 Å². The minimum absolute atomic E-state index is 0.0963. The van der Waals surface area contributed by atoms with Crippen molar-refractivity contribution in [1.82, 2.24) is 15.6 Å². The first-order valence-corrected chi connectivity index (χ1v) is 7.99. The van der Waals surface area contributed by atoms with Crippen molar-refractivity contribution in [1.29, 1.82) is 0 Å². The number of aliphatic hydroxyl groups is 1. The molecule has 0 radical (unpaired) electrons. The lowest BCUT2D eigenvalue weighted by Gasteiger charge is -2.30. The molecule has 12 nitrogen and oxygen atoms in total. The zero-order valence-corrected chi connectivity index (χ0v) is 13.9. The van der Waals surface area contributed by atoms with Crippen LogP contribution >= 0.6 is 0 Å². The van der Waals surface area contributed by atoms with Gasteiger partial charge in [0.25, 0.3) is 5.96 Å². The molecule has 1 fully saturated rings. The molecule has 1 rings (SSSR count). The molecule has 0 aromatic carbocycles. The maximum absolute atomic E-state index is 12.0. The summed E-state index contributed by atoms with van der Waals surface area (Å²) in [6.07, 6.45) is 2.23. The molecule has 7 N–H and O–H groups in total. The van der Waals surface area contributed by atoms with E-state index in [0.717, 1.165) is 6.42 Å². The summed E-state index contributed by atoms with van der Waals surface area (Å²) in [6, 6.07) is -1.06. The molecule has 2 unspecified atom stereocenters. The molecule has 25 heavy (non-hydrogen) atoms. The van der Waals surface area contributed by atoms with Crippen LogP contribution in [-0.2, 0) is 9.59 Å². The van der Waals surface area contributed by atoms with Crippen LogP contribution in [0.25, 0.3) is 0 Å². The Labute approximate surface area is 144 Å². The van der Waals surface area contributed by atoms with E-state index in [0.29, 0.717) is 25.8 Å². The van der Waals surface area contributed by atoms with Gasteiger partial charge in [0.05, 0.1) is 25.2 Å². The number of nitrogens with one attached hydrogen (secondary N) is 2. The first-order valence-electron chi connectivity index (χ1n) is 7.99. The van der Waals surface area contributed by atoms with Crippen molar-refractivity contribution in [3.8, 4) is 0 Å². The van der Waals surface area contributed by atoms with Crippen LogP contribution in [0.5, 0.6) is 0 Å². The van der Waals surface area contributed by atoms with E-state index in [1.54, 1.807) is 5.43 Å². The number of amides is 2. The summed E-state index contributed by atoms with van der Waals surface area (Å²) >= 11 is 0. The number of nitrogens with two attached hydrogens (primary N) is 2. The third-order valence-electron chi connectivity index (χ3n) is 3.69. The van der Waals surface area contributed by atoms with E-state index in [2.05, 4.69) is 10.3 Å². The summed E-state index contributed by atoms with van der Waals surface area (Å²) in [5.41, 5.74) is 12.7. The van der Waals surface area contributed by atoms with Crippen molar-refractivity contribution in [3.05, 3.63) is 10.1 Å². The van der Waals surface area contributed by atoms with Gasteiger partial charge in [-0.1, -0.05) is 5.43 Å². The summed E-state index contributed by atoms with van der Waals surface area (Å²) < 4.78 is 0. The van der Waals surface area contributed by atoms with Gasteiger partial charge in [-0.15, -0.1) is 0 Å². The van der Waals surface area contributed by atoms with Crippen molar-refractivity contribution < 1.29 is 19.7 Å². The number of hydrazine groups is 1. The van der Waals surface area contributed by atoms with Crippen LogP contribution < -0.4 is 22.2 Å². The van der Waals surface area contributed by atoms with Crippen molar-refractivity contribution >= 4 is 17.8 Å². The monoisotopic (exact) mass is 359 g/mol. The molecule has 0 aromatic heterocycles. The molecule has 0 spiro atoms. The van der Waals surface area contributed by atoms with Gasteiger partial charge in [0.1, 0.15) is 0 Å². The number of carbonyl (C=O) groups is 2. The number of rotatable bonds is 9. The van der Waals surface area contributed by atoms with Crippen LogP contribution in [-0.4, -0.2) is 71.1 Å². The van der Waals surface area contributed by atoms with E-state index in [9.17, 15) is 24.8 Å². The van der Waals surface area contributed by atoms with Crippen molar-refractivity contribution in [3.63, 3.8) is 0 Å². The van der Waals surface area contributed by atoms with Crippen LogP contribution in [0.4, 0.5) is 0 Å². The summed E-state index contributed by atoms with van der Waals surface area (Å²) in [6.45, 7) is 0.326. The smallest absolute Gasteiger partial charge is 0.251 e. The van der Waals surface area contributed by atoms with Gasteiger partial charge >= 0.3 is 0 Å². The summed E-state index contributed by atoms with van der Waals surface area (Å²) in [5, 5.41) is 21.3. The molecule has 12 heteroatoms. The van der Waals surface area contributed by atoms with Crippen LogP contribution in [0.2, 0.25) is 0 Å². The maximum atomic E-state index is 12.0. The number of nitro groups is 1. The van der Waals surface area contributed by atoms with Crippen LogP contribution in [0.3, 0.4) is 0 Å². The van der Waals surface area contributed by atoms with Crippen LogP contribution in [0.1, 0.15) is 25.7 Å². The number of guanidine groups is 1. The van der Waals surface area contributed by atoms with E-state index in [-0.39, 0.29) is 37.5 Å². The van der Waals surface area contributed by atoms with Gasteiger partial charge in [0.15, 0.2) is 5.03 Å². The molecule has 1 heterocycles. The van der Waals surface area contributed by atoms with Gasteiger partial charge in [0, 0.05) is 13.1 Å². The molecular formula is C13H25N7O5. The average molecular weight is 359 g/mol. The SMILES string of the molecule is NC(=NCCCC(CO)NC(=O)CN1CCCC(N)C1=O)N[N+](=O)[O-]. The molecule has 2 atom stereocenters. The fourth-order valence-corrected chi connectivity index (χ4v) is 2.45. The Morgan fingerprint density at radius 2 is 2.28 bits per heavy atom. The quantitative estimate of drug-likeness (QED) is 0.0964. The van der Waals surface area contributed by atoms with E-state index < -0.39 is 17.1 Å². The second-order valence-corrected chi connectivity index (χ2v) is 5.73. The fraction of sp³-hybridized carbons (Fsp3) is 0.769. The Morgan fingerprint density at radius 3 is 2.92 bits per heavy atom. The Balaban J connectivity index is 2.33. The minimum Gasteiger partial charge on any atom is -0.394 e. The lowest BCUT2D eigenvalue weighted by molar-refractivity contribution is -0.525. The number of nitrogens with zero attached hydrogens (tertiary/aromatic N) is 3. The topological polar surface area (TPSA) is 189 Å². The first kappa shape index (κ1) is 20.6. The summed E-state index contributed by atoms with van der Waals surface area (Å²) in [7, 11) is 0. The highest BCUT2D eigenvalue weighted by Gasteiger charge is 2.27. The lowest BCUT2D eigenvalue weighted by atomic mass is 10.1. The third kappa shape index (κ3) is 7.76. The van der Waals surface area contributed by atoms with Gasteiger partial charge < -0.3 is 26.8 Å². The fourth-order valence-electron chi connectivity index (χ4n) is 2.45. The minimum atomic E-state index is -0.816. The number of carbonyl (C=O) groups excluding carboxylic acids is 2. The maximum Gasteiger partial charge on any atom is 0.251 e. The summed E-state index contributed by atoms with van der Waals surface area (Å²) in [5.74, 6) is -0.931. The zero-order valence-electron chi connectivity index (χ0n) is 13.9. The molecular weight excluding hydrogens is 334 g/mol. The van der Waals surface area contributed by atoms with Gasteiger partial charge in [-0.3, -0.25) is 9.59 Å². The second-order valence-electron chi connectivity index (χ2n) is 5.73. The number of hydrogen-bond acceptors (Lipinski definition) is 7. The standard InChI is InChI=1S/C13H25N7O5/c14-10-4-2-6-19(12(10)23)7-11(22)17-9(8-21)3-1-5-16-13(15)18-20(24)25/h9-10,21H,1-8,14H2,(H,17,22)(H3,15,16,18). The number of likely N-dealkylation sites (tertiary alicyclic amines) is 1. The van der Waals surface area contributed by atoms with Crippen molar-refractivity contribution in [2.75, 3.05) is 26.2 Å². The highest BCUT2D eigenvalue weighted by molar-refractivity contribution is 5.88. The summed E-state index contributed by atoms with van der Waals surface area (Å²) in [4.78, 5) is 39.2. The Hall–Kier alpha value is -2.47. The Morgan fingerprint density at radius 1 is 1.56 bits per heavy atom. The molecule has 0 saturated carbocycles. The predicted molar refractivity (Wildman–Crippen MR) is 88.7 cm³/mol.